The zero-order valence-electron chi connectivity index (χ0n) is 25.1. The first-order valence-electron chi connectivity index (χ1n) is 15.2. The average molecular weight is 654 g/mol. The van der Waals surface area contributed by atoms with Crippen LogP contribution in [-0.4, -0.2) is 15.5 Å². The lowest BCUT2D eigenvalue weighted by Crippen LogP contribution is -2.38. The van der Waals surface area contributed by atoms with Gasteiger partial charge in [-0.3, -0.25) is 19.5 Å². The summed E-state index contributed by atoms with van der Waals surface area (Å²) in [5.74, 6) is -0.828. The van der Waals surface area contributed by atoms with E-state index < -0.39 is 16.9 Å². The summed E-state index contributed by atoms with van der Waals surface area (Å²) in [7, 11) is 0. The van der Waals surface area contributed by atoms with E-state index in [1.54, 1.807) is 28.8 Å². The Bertz CT molecular complexity index is 2520. The standard InChI is InChI=1S/C38H24FN3O5S/c39-26-15-9-24(10-16-26)35-30-19-13-23-6-2-4-8-29(23)34(30)40-38-41(35)36(43)33(48-38)21-31-28-7-3-1-5-22(28)14-20-32(31)47-37(44)25-11-17-27(18-12-25)42(45)46/h1-12,14-18,20-21,35H,13,19H2/b33-21+/t35-/m1/s1. The van der Waals surface area contributed by atoms with E-state index in [0.29, 0.717) is 21.3 Å². The van der Waals surface area contributed by atoms with Crippen LogP contribution in [0.2, 0.25) is 0 Å². The van der Waals surface area contributed by atoms with Crippen LogP contribution in [0, 0.1) is 15.9 Å². The quantitative estimate of drug-likeness (QED) is 0.0888. The number of nitro benzene ring substituents is 1. The molecule has 2 aliphatic rings. The summed E-state index contributed by atoms with van der Waals surface area (Å²) in [6.45, 7) is 0. The third-order valence-corrected chi connectivity index (χ3v) is 9.76. The van der Waals surface area contributed by atoms with Gasteiger partial charge in [-0.05, 0) is 76.7 Å². The summed E-state index contributed by atoms with van der Waals surface area (Å²) in [5.41, 5.74) is 5.10. The summed E-state index contributed by atoms with van der Waals surface area (Å²) < 4.78 is 22.0. The Labute approximate surface area is 276 Å². The SMILES string of the molecule is O=C(Oc1ccc2ccccc2c1/C=c1/sc2n(c1=O)[C@H](c1ccc(F)cc1)C1=C(N=2)c2ccccc2CC1)c1ccc([N+](=O)[O-])cc1. The number of fused-ring (bicyclic) bond motifs is 4. The number of nitrogens with zero attached hydrogens (tertiary/aromatic N) is 3. The smallest absolute Gasteiger partial charge is 0.343 e. The number of benzene rings is 5. The predicted molar refractivity (Wildman–Crippen MR) is 181 cm³/mol. The van der Waals surface area contributed by atoms with Crippen molar-refractivity contribution in [3.8, 4) is 5.75 Å². The minimum atomic E-state index is -0.695. The van der Waals surface area contributed by atoms with Crippen molar-refractivity contribution in [2.45, 2.75) is 18.9 Å². The molecule has 48 heavy (non-hydrogen) atoms. The van der Waals surface area contributed by atoms with Gasteiger partial charge in [-0.25, -0.2) is 14.2 Å². The van der Waals surface area contributed by atoms with Gasteiger partial charge in [0.15, 0.2) is 4.80 Å². The van der Waals surface area contributed by atoms with Crippen molar-refractivity contribution in [3.63, 3.8) is 0 Å². The largest absolute Gasteiger partial charge is 0.422 e. The third-order valence-electron chi connectivity index (χ3n) is 8.78. The normalized spacial score (nSPS) is 15.4. The average Bonchev–Trinajstić information content (AvgIpc) is 3.42. The molecule has 1 aliphatic heterocycles. The number of rotatable bonds is 5. The van der Waals surface area contributed by atoms with Crippen molar-refractivity contribution in [2.75, 3.05) is 0 Å². The summed E-state index contributed by atoms with van der Waals surface area (Å²) in [5, 5.41) is 12.7. The summed E-state index contributed by atoms with van der Waals surface area (Å²) in [6, 6.07) is 30.1. The van der Waals surface area contributed by atoms with E-state index in [4.69, 9.17) is 9.73 Å². The number of allylic oxidation sites excluding steroid dienone is 1. The molecule has 0 radical (unpaired) electrons. The molecule has 5 aromatic carbocycles. The van der Waals surface area contributed by atoms with Gasteiger partial charge in [0, 0.05) is 23.3 Å². The summed E-state index contributed by atoms with van der Waals surface area (Å²) in [4.78, 5) is 43.7. The number of non-ortho nitro benzene ring substituents is 1. The number of ether oxygens (including phenoxy) is 1. The molecule has 8 nitrogen and oxygen atoms in total. The maximum Gasteiger partial charge on any atom is 0.343 e. The molecular weight excluding hydrogens is 629 g/mol. The molecule has 0 spiro atoms. The van der Waals surface area contributed by atoms with E-state index in [2.05, 4.69) is 6.07 Å². The molecule has 6 aromatic rings. The Hall–Kier alpha value is -6.00. The minimum absolute atomic E-state index is 0.141. The number of hydrogen-bond acceptors (Lipinski definition) is 7. The number of carbonyl (C=O) groups excluding carboxylic acids is 1. The number of aromatic nitrogens is 1. The predicted octanol–water partition coefficient (Wildman–Crippen LogP) is 6.74. The fourth-order valence-corrected chi connectivity index (χ4v) is 7.47. The van der Waals surface area contributed by atoms with Crippen LogP contribution in [0.1, 0.15) is 45.1 Å². The van der Waals surface area contributed by atoms with Crippen molar-refractivity contribution >= 4 is 45.5 Å². The van der Waals surface area contributed by atoms with Gasteiger partial charge in [0.1, 0.15) is 11.6 Å². The lowest BCUT2D eigenvalue weighted by Gasteiger charge is -2.30. The van der Waals surface area contributed by atoms with Crippen molar-refractivity contribution in [3.05, 3.63) is 178 Å². The Balaban J connectivity index is 1.30. The molecule has 8 rings (SSSR count). The first kappa shape index (κ1) is 29.4. The molecule has 0 bridgehead atoms. The topological polar surface area (TPSA) is 104 Å². The number of nitro groups is 1. The molecule has 0 N–H and O–H groups in total. The fourth-order valence-electron chi connectivity index (χ4n) is 6.49. The summed E-state index contributed by atoms with van der Waals surface area (Å²) in [6.07, 6.45) is 3.23. The Morgan fingerprint density at radius 3 is 2.48 bits per heavy atom. The lowest BCUT2D eigenvalue weighted by atomic mass is 9.83. The minimum Gasteiger partial charge on any atom is -0.422 e. The maximum atomic E-state index is 14.4. The second kappa shape index (κ2) is 11.7. The molecule has 0 fully saturated rings. The van der Waals surface area contributed by atoms with E-state index in [0.717, 1.165) is 39.6 Å². The maximum absolute atomic E-state index is 14.4. The van der Waals surface area contributed by atoms with Gasteiger partial charge in [-0.2, -0.15) is 0 Å². The highest BCUT2D eigenvalue weighted by Crippen LogP contribution is 2.41. The number of halogens is 1. The van der Waals surface area contributed by atoms with Crippen LogP contribution in [0.5, 0.6) is 5.75 Å². The highest BCUT2D eigenvalue weighted by molar-refractivity contribution is 7.07. The van der Waals surface area contributed by atoms with Crippen LogP contribution in [0.25, 0.3) is 22.5 Å². The molecular formula is C38H24FN3O5S. The first-order valence-corrected chi connectivity index (χ1v) is 16.0. The van der Waals surface area contributed by atoms with E-state index in [-0.39, 0.29) is 28.4 Å². The second-order valence-corrected chi connectivity index (χ2v) is 12.6. The Morgan fingerprint density at radius 2 is 1.69 bits per heavy atom. The Morgan fingerprint density at radius 1 is 0.938 bits per heavy atom. The van der Waals surface area contributed by atoms with E-state index in [9.17, 15) is 24.1 Å². The van der Waals surface area contributed by atoms with Gasteiger partial charge < -0.3 is 4.74 Å². The highest BCUT2D eigenvalue weighted by Gasteiger charge is 2.32. The van der Waals surface area contributed by atoms with Crippen LogP contribution >= 0.6 is 11.3 Å². The van der Waals surface area contributed by atoms with Gasteiger partial charge in [-0.1, -0.05) is 78.1 Å². The van der Waals surface area contributed by atoms with E-state index in [1.165, 1.54) is 53.3 Å². The van der Waals surface area contributed by atoms with Gasteiger partial charge >= 0.3 is 5.97 Å². The van der Waals surface area contributed by atoms with Gasteiger partial charge in [0.05, 0.1) is 26.8 Å². The molecule has 10 heteroatoms. The number of hydrogen-bond donors (Lipinski definition) is 0. The van der Waals surface area contributed by atoms with Crippen LogP contribution in [0.4, 0.5) is 10.1 Å². The summed E-state index contributed by atoms with van der Waals surface area (Å²) >= 11 is 1.24. The van der Waals surface area contributed by atoms with Crippen molar-refractivity contribution in [1.82, 2.24) is 4.57 Å². The monoisotopic (exact) mass is 653 g/mol. The van der Waals surface area contributed by atoms with Crippen LogP contribution in [0.3, 0.4) is 0 Å². The number of esters is 1. The molecule has 2 heterocycles. The van der Waals surface area contributed by atoms with Crippen molar-refractivity contribution in [1.29, 1.82) is 0 Å². The van der Waals surface area contributed by atoms with E-state index in [1.807, 2.05) is 48.5 Å². The number of carbonyl (C=O) groups is 1. The second-order valence-electron chi connectivity index (χ2n) is 11.6. The van der Waals surface area contributed by atoms with Crippen LogP contribution in [-0.2, 0) is 6.42 Å². The highest BCUT2D eigenvalue weighted by atomic mass is 32.1. The van der Waals surface area contributed by atoms with Crippen molar-refractivity contribution < 1.29 is 18.8 Å². The zero-order chi connectivity index (χ0) is 32.9. The first-order chi connectivity index (χ1) is 23.4. The lowest BCUT2D eigenvalue weighted by molar-refractivity contribution is -0.384. The molecule has 1 aromatic heterocycles. The van der Waals surface area contributed by atoms with Gasteiger partial charge in [0.25, 0.3) is 11.2 Å². The van der Waals surface area contributed by atoms with Crippen LogP contribution < -0.4 is 19.6 Å². The molecule has 1 aliphatic carbocycles. The van der Waals surface area contributed by atoms with Gasteiger partial charge in [-0.15, -0.1) is 0 Å². The van der Waals surface area contributed by atoms with Gasteiger partial charge in [0.2, 0.25) is 0 Å². The number of thiazole rings is 1. The fraction of sp³-hybridized carbons (Fsp3) is 0.0789. The molecule has 0 unspecified atom stereocenters. The number of aryl methyl sites for hydroxylation is 1. The van der Waals surface area contributed by atoms with Crippen molar-refractivity contribution in [2.24, 2.45) is 4.99 Å². The Kier molecular flexibility index (Phi) is 7.14. The molecule has 1 atom stereocenters. The third kappa shape index (κ3) is 5.03. The molecule has 0 amide bonds. The molecule has 0 saturated carbocycles. The van der Waals surface area contributed by atoms with Crippen LogP contribution in [0.15, 0.2) is 125 Å². The molecule has 0 saturated heterocycles. The zero-order valence-corrected chi connectivity index (χ0v) is 25.9. The van der Waals surface area contributed by atoms with E-state index >= 15 is 0 Å². The molecule has 234 valence electrons.